The third-order valence-corrected chi connectivity index (χ3v) is 5.06. The monoisotopic (exact) mass is 384 g/mol. The Balaban J connectivity index is 1.74. The average Bonchev–Trinajstić information content (AvgIpc) is 3.00. The van der Waals surface area contributed by atoms with E-state index in [-0.39, 0.29) is 0 Å². The van der Waals surface area contributed by atoms with Crippen LogP contribution in [0.2, 0.25) is 5.15 Å². The van der Waals surface area contributed by atoms with Gasteiger partial charge in [0.2, 0.25) is 0 Å². The van der Waals surface area contributed by atoms with Crippen molar-refractivity contribution in [3.8, 4) is 6.07 Å². The Morgan fingerprint density at radius 2 is 1.89 bits per heavy atom. The van der Waals surface area contributed by atoms with Gasteiger partial charge in [-0.1, -0.05) is 60.1 Å². The van der Waals surface area contributed by atoms with Crippen LogP contribution in [0.15, 0.2) is 66.9 Å². The quantitative estimate of drug-likeness (QED) is 0.436. The number of nitrogens with zero attached hydrogens (tertiary/aromatic N) is 4. The number of aromatic nitrogens is 3. The number of rotatable bonds is 4. The Morgan fingerprint density at radius 1 is 1.11 bits per heavy atom. The number of aryl methyl sites for hydroxylation is 1. The van der Waals surface area contributed by atoms with Crippen LogP contribution in [0.3, 0.4) is 0 Å². The van der Waals surface area contributed by atoms with Gasteiger partial charge in [-0.25, -0.2) is 4.68 Å². The van der Waals surface area contributed by atoms with E-state index in [4.69, 9.17) is 11.6 Å². The van der Waals surface area contributed by atoms with Gasteiger partial charge in [-0.15, -0.1) is 0 Å². The zero-order valence-electron chi connectivity index (χ0n) is 15.3. The van der Waals surface area contributed by atoms with E-state index in [9.17, 15) is 5.26 Å². The van der Waals surface area contributed by atoms with Crippen molar-refractivity contribution < 1.29 is 0 Å². The van der Waals surface area contributed by atoms with E-state index in [0.717, 1.165) is 16.8 Å². The lowest BCUT2D eigenvalue weighted by Crippen LogP contribution is -2.02. The van der Waals surface area contributed by atoms with Crippen molar-refractivity contribution in [1.82, 2.24) is 14.8 Å². The van der Waals surface area contributed by atoms with Crippen molar-refractivity contribution in [3.63, 3.8) is 0 Å². The highest BCUT2D eigenvalue weighted by Gasteiger charge is 2.14. The molecule has 0 fully saturated rings. The molecule has 0 aliphatic carbocycles. The number of hydrogen-bond acceptors (Lipinski definition) is 3. The number of halogens is 1. The zero-order chi connectivity index (χ0) is 19.5. The second-order valence-corrected chi connectivity index (χ2v) is 6.83. The molecule has 4 rings (SSSR count). The molecule has 0 aliphatic rings. The molecule has 0 N–H and O–H groups in total. The van der Waals surface area contributed by atoms with Crippen LogP contribution in [0.5, 0.6) is 0 Å². The van der Waals surface area contributed by atoms with E-state index in [1.807, 2.05) is 37.3 Å². The third kappa shape index (κ3) is 3.40. The maximum Gasteiger partial charge on any atom is 0.134 e. The molecule has 4 nitrogen and oxygen atoms in total. The molecule has 0 amide bonds. The first-order valence-electron chi connectivity index (χ1n) is 8.90. The van der Waals surface area contributed by atoms with Crippen LogP contribution in [-0.2, 0) is 6.54 Å². The molecule has 2 aromatic heterocycles. The van der Waals surface area contributed by atoms with Gasteiger partial charge in [-0.05, 0) is 41.5 Å². The fourth-order valence-electron chi connectivity index (χ4n) is 3.26. The molecule has 0 atom stereocenters. The first-order valence-corrected chi connectivity index (χ1v) is 9.28. The summed E-state index contributed by atoms with van der Waals surface area (Å²) >= 11 is 6.65. The Morgan fingerprint density at radius 3 is 2.68 bits per heavy atom. The van der Waals surface area contributed by atoms with Crippen molar-refractivity contribution in [2.24, 2.45) is 0 Å². The summed E-state index contributed by atoms with van der Waals surface area (Å²) in [5.41, 5.74) is 3.72. The van der Waals surface area contributed by atoms with Crippen LogP contribution in [0.4, 0.5) is 0 Å². The molecule has 2 heterocycles. The largest absolute Gasteiger partial charge is 0.256 e. The molecule has 0 aliphatic heterocycles. The topological polar surface area (TPSA) is 54.5 Å². The van der Waals surface area contributed by atoms with Gasteiger partial charge in [-0.2, -0.15) is 10.4 Å². The van der Waals surface area contributed by atoms with Crippen molar-refractivity contribution in [2.75, 3.05) is 0 Å². The predicted molar refractivity (Wildman–Crippen MR) is 113 cm³/mol. The normalized spacial score (nSPS) is 11.5. The number of fused-ring (bicyclic) bond motifs is 1. The SMILES string of the molecule is Cc1nn(Cc2cccc3ccccc23)c(Cl)c1/C=C(\C#N)c1ccccn1. The zero-order valence-corrected chi connectivity index (χ0v) is 16.1. The van der Waals surface area contributed by atoms with Crippen LogP contribution in [0, 0.1) is 18.3 Å². The van der Waals surface area contributed by atoms with Crippen molar-refractivity contribution >= 4 is 34.0 Å². The smallest absolute Gasteiger partial charge is 0.134 e. The highest BCUT2D eigenvalue weighted by atomic mass is 35.5. The Hall–Kier alpha value is -3.42. The lowest BCUT2D eigenvalue weighted by atomic mass is 10.0. The maximum absolute atomic E-state index is 9.55. The minimum Gasteiger partial charge on any atom is -0.256 e. The van der Waals surface area contributed by atoms with Crippen LogP contribution in [0.25, 0.3) is 22.4 Å². The van der Waals surface area contributed by atoms with E-state index in [1.165, 1.54) is 10.8 Å². The lowest BCUT2D eigenvalue weighted by Gasteiger charge is -2.08. The van der Waals surface area contributed by atoms with Gasteiger partial charge in [0.1, 0.15) is 11.2 Å². The predicted octanol–water partition coefficient (Wildman–Crippen LogP) is 5.51. The summed E-state index contributed by atoms with van der Waals surface area (Å²) in [7, 11) is 0. The standard InChI is InChI=1S/C23H17ClN4/c1-16-21(13-19(14-25)22-11-4-5-12-26-22)23(24)28(27-16)15-18-9-6-8-17-7-2-3-10-20(17)18/h2-13H,15H2,1H3/b19-13+. The molecule has 5 heteroatoms. The van der Waals surface area contributed by atoms with Crippen molar-refractivity contribution in [1.29, 1.82) is 5.26 Å². The van der Waals surface area contributed by atoms with Gasteiger partial charge in [0.15, 0.2) is 0 Å². The van der Waals surface area contributed by atoms with Gasteiger partial charge >= 0.3 is 0 Å². The molecule has 28 heavy (non-hydrogen) atoms. The fraction of sp³-hybridized carbons (Fsp3) is 0.0870. The summed E-state index contributed by atoms with van der Waals surface area (Å²) < 4.78 is 1.78. The molecule has 0 spiro atoms. The van der Waals surface area contributed by atoms with Crippen molar-refractivity contribution in [3.05, 3.63) is 94.5 Å². The summed E-state index contributed by atoms with van der Waals surface area (Å²) in [6.45, 7) is 2.45. The average molecular weight is 385 g/mol. The second kappa shape index (κ2) is 7.67. The summed E-state index contributed by atoms with van der Waals surface area (Å²) in [6, 6.07) is 22.2. The van der Waals surface area contributed by atoms with Crippen LogP contribution in [-0.4, -0.2) is 14.8 Å². The number of allylic oxidation sites excluding steroid dienone is 1. The first kappa shape index (κ1) is 18.0. The molecule has 0 unspecified atom stereocenters. The van der Waals surface area contributed by atoms with E-state index in [2.05, 4.69) is 40.4 Å². The molecular weight excluding hydrogens is 368 g/mol. The van der Waals surface area contributed by atoms with Crippen LogP contribution >= 0.6 is 11.6 Å². The van der Waals surface area contributed by atoms with Gasteiger partial charge in [0.05, 0.1) is 23.5 Å². The van der Waals surface area contributed by atoms with Crippen molar-refractivity contribution in [2.45, 2.75) is 13.5 Å². The van der Waals surface area contributed by atoms with Crippen LogP contribution < -0.4 is 0 Å². The number of nitriles is 1. The molecule has 0 bridgehead atoms. The van der Waals surface area contributed by atoms with E-state index >= 15 is 0 Å². The summed E-state index contributed by atoms with van der Waals surface area (Å²) in [6.07, 6.45) is 3.42. The Bertz CT molecular complexity index is 1210. The summed E-state index contributed by atoms with van der Waals surface area (Å²) in [4.78, 5) is 4.25. The van der Waals surface area contributed by atoms with Gasteiger partial charge in [0, 0.05) is 11.8 Å². The van der Waals surface area contributed by atoms with Gasteiger partial charge < -0.3 is 0 Å². The van der Waals surface area contributed by atoms with E-state index in [1.54, 1.807) is 23.0 Å². The number of pyridine rings is 1. The van der Waals surface area contributed by atoms with E-state index in [0.29, 0.717) is 23.0 Å². The fourth-order valence-corrected chi connectivity index (χ4v) is 3.55. The molecule has 0 saturated heterocycles. The highest BCUT2D eigenvalue weighted by molar-refractivity contribution is 6.31. The molecule has 136 valence electrons. The highest BCUT2D eigenvalue weighted by Crippen LogP contribution is 2.27. The van der Waals surface area contributed by atoms with Gasteiger partial charge in [0.25, 0.3) is 0 Å². The lowest BCUT2D eigenvalue weighted by molar-refractivity contribution is 0.683. The summed E-state index contributed by atoms with van der Waals surface area (Å²) in [5.74, 6) is 0. The third-order valence-electron chi connectivity index (χ3n) is 4.66. The number of hydrogen-bond donors (Lipinski definition) is 0. The molecule has 0 radical (unpaired) electrons. The second-order valence-electron chi connectivity index (χ2n) is 6.47. The maximum atomic E-state index is 9.55. The van der Waals surface area contributed by atoms with E-state index < -0.39 is 0 Å². The molecule has 4 aromatic rings. The summed E-state index contributed by atoms with van der Waals surface area (Å²) in [5, 5.41) is 17.0. The molecule has 2 aromatic carbocycles. The number of benzene rings is 2. The van der Waals surface area contributed by atoms with Crippen LogP contribution in [0.1, 0.15) is 22.5 Å². The molecular formula is C23H17ClN4. The minimum absolute atomic E-state index is 0.454. The molecule has 0 saturated carbocycles. The Labute approximate surface area is 168 Å². The minimum atomic E-state index is 0.454. The van der Waals surface area contributed by atoms with Gasteiger partial charge in [-0.3, -0.25) is 4.98 Å². The first-order chi connectivity index (χ1) is 13.7. The Kier molecular flexibility index (Phi) is 4.92.